The summed E-state index contributed by atoms with van der Waals surface area (Å²) in [7, 11) is 0. The van der Waals surface area contributed by atoms with E-state index in [0.717, 1.165) is 18.4 Å². The van der Waals surface area contributed by atoms with Crippen LogP contribution in [0, 0.1) is 0 Å². The van der Waals surface area contributed by atoms with Gasteiger partial charge in [0.25, 0.3) is 6.43 Å². The SMILES string of the molecule is CC(CCc1ccc(O)cc1)NCC(O)C(F)F. The number of phenols is 1. The molecule has 0 aromatic heterocycles. The summed E-state index contributed by atoms with van der Waals surface area (Å²) in [6.07, 6.45) is -2.75. The highest BCUT2D eigenvalue weighted by atomic mass is 19.3. The van der Waals surface area contributed by atoms with Gasteiger partial charge in [0, 0.05) is 12.6 Å². The summed E-state index contributed by atoms with van der Waals surface area (Å²) in [5.41, 5.74) is 1.08. The highest BCUT2D eigenvalue weighted by molar-refractivity contribution is 5.25. The molecular formula is C13H19F2NO2. The largest absolute Gasteiger partial charge is 0.508 e. The topological polar surface area (TPSA) is 52.5 Å². The minimum Gasteiger partial charge on any atom is -0.508 e. The zero-order valence-corrected chi connectivity index (χ0v) is 10.3. The molecule has 0 bridgehead atoms. The number of aliphatic hydroxyl groups is 1. The standard InChI is InChI=1S/C13H19F2NO2/c1-9(16-8-12(18)13(14)15)2-3-10-4-6-11(17)7-5-10/h4-7,9,12-13,16-18H,2-3,8H2,1H3. The van der Waals surface area contributed by atoms with Crippen LogP contribution in [-0.4, -0.2) is 35.3 Å². The Hall–Kier alpha value is -1.20. The third kappa shape index (κ3) is 5.42. The predicted octanol–water partition coefficient (Wildman–Crippen LogP) is 1.93. The monoisotopic (exact) mass is 259 g/mol. The molecule has 1 rings (SSSR count). The Bertz CT molecular complexity index is 343. The van der Waals surface area contributed by atoms with Crippen LogP contribution in [0.25, 0.3) is 0 Å². The molecule has 0 aliphatic heterocycles. The van der Waals surface area contributed by atoms with E-state index in [1.54, 1.807) is 12.1 Å². The Kier molecular flexibility index (Phi) is 6.01. The molecule has 5 heteroatoms. The van der Waals surface area contributed by atoms with E-state index >= 15 is 0 Å². The molecule has 0 radical (unpaired) electrons. The lowest BCUT2D eigenvalue weighted by atomic mass is 10.1. The first-order valence-corrected chi connectivity index (χ1v) is 5.96. The molecule has 2 unspecified atom stereocenters. The maximum absolute atomic E-state index is 12.1. The first kappa shape index (κ1) is 14.9. The number of benzene rings is 1. The van der Waals surface area contributed by atoms with Crippen LogP contribution < -0.4 is 5.32 Å². The number of aromatic hydroxyl groups is 1. The first-order valence-electron chi connectivity index (χ1n) is 5.96. The van der Waals surface area contributed by atoms with Crippen LogP contribution >= 0.6 is 0 Å². The Balaban J connectivity index is 2.24. The van der Waals surface area contributed by atoms with Crippen LogP contribution in [0.3, 0.4) is 0 Å². The predicted molar refractivity (Wildman–Crippen MR) is 65.9 cm³/mol. The van der Waals surface area contributed by atoms with Crippen LogP contribution in [-0.2, 0) is 6.42 Å². The Morgan fingerprint density at radius 1 is 1.22 bits per heavy atom. The van der Waals surface area contributed by atoms with Crippen LogP contribution in [0.4, 0.5) is 8.78 Å². The molecule has 3 N–H and O–H groups in total. The van der Waals surface area contributed by atoms with Gasteiger partial charge >= 0.3 is 0 Å². The number of alkyl halides is 2. The minimum absolute atomic E-state index is 0.0483. The fraction of sp³-hybridized carbons (Fsp3) is 0.538. The summed E-state index contributed by atoms with van der Waals surface area (Å²) in [6, 6.07) is 6.95. The highest BCUT2D eigenvalue weighted by Gasteiger charge is 2.16. The van der Waals surface area contributed by atoms with Crippen LogP contribution in [0.15, 0.2) is 24.3 Å². The lowest BCUT2D eigenvalue weighted by Crippen LogP contribution is -2.37. The highest BCUT2D eigenvalue weighted by Crippen LogP contribution is 2.12. The maximum Gasteiger partial charge on any atom is 0.265 e. The van der Waals surface area contributed by atoms with Gasteiger partial charge in [-0.05, 0) is 37.5 Å². The number of aliphatic hydroxyl groups excluding tert-OH is 1. The number of nitrogens with one attached hydrogen (secondary N) is 1. The number of halogens is 2. The van der Waals surface area contributed by atoms with Crippen molar-refractivity contribution in [1.82, 2.24) is 5.32 Å². The second-order valence-electron chi connectivity index (χ2n) is 4.42. The van der Waals surface area contributed by atoms with Crippen molar-refractivity contribution in [3.8, 4) is 5.75 Å². The van der Waals surface area contributed by atoms with Gasteiger partial charge in [-0.1, -0.05) is 12.1 Å². The van der Waals surface area contributed by atoms with Gasteiger partial charge in [-0.15, -0.1) is 0 Å². The number of phenolic OH excluding ortho intramolecular Hbond substituents is 1. The second kappa shape index (κ2) is 7.28. The number of hydrogen-bond acceptors (Lipinski definition) is 3. The van der Waals surface area contributed by atoms with E-state index in [1.165, 1.54) is 0 Å². The molecule has 0 spiro atoms. The van der Waals surface area contributed by atoms with Crippen molar-refractivity contribution < 1.29 is 19.0 Å². The van der Waals surface area contributed by atoms with Crippen molar-refractivity contribution >= 4 is 0 Å². The van der Waals surface area contributed by atoms with Crippen molar-refractivity contribution in [2.75, 3.05) is 6.54 Å². The summed E-state index contributed by atoms with van der Waals surface area (Å²) in [5.74, 6) is 0.227. The van der Waals surface area contributed by atoms with Gasteiger partial charge in [-0.25, -0.2) is 8.78 Å². The smallest absolute Gasteiger partial charge is 0.265 e. The van der Waals surface area contributed by atoms with Gasteiger partial charge in [0.2, 0.25) is 0 Å². The zero-order valence-electron chi connectivity index (χ0n) is 10.3. The molecule has 0 saturated heterocycles. The van der Waals surface area contributed by atoms with Crippen LogP contribution in [0.1, 0.15) is 18.9 Å². The van der Waals surface area contributed by atoms with Gasteiger partial charge in [0.1, 0.15) is 11.9 Å². The molecule has 18 heavy (non-hydrogen) atoms. The second-order valence-corrected chi connectivity index (χ2v) is 4.42. The number of hydrogen-bond donors (Lipinski definition) is 3. The van der Waals surface area contributed by atoms with Crippen LogP contribution in [0.2, 0.25) is 0 Å². The molecule has 1 aromatic rings. The van der Waals surface area contributed by atoms with Gasteiger partial charge in [-0.3, -0.25) is 0 Å². The van der Waals surface area contributed by atoms with Crippen molar-refractivity contribution in [3.63, 3.8) is 0 Å². The van der Waals surface area contributed by atoms with Gasteiger partial charge < -0.3 is 15.5 Å². The summed E-state index contributed by atoms with van der Waals surface area (Å²) < 4.78 is 24.1. The lowest BCUT2D eigenvalue weighted by molar-refractivity contribution is -0.00445. The minimum atomic E-state index is -2.71. The Morgan fingerprint density at radius 2 is 1.83 bits per heavy atom. The van der Waals surface area contributed by atoms with E-state index in [-0.39, 0.29) is 18.3 Å². The zero-order chi connectivity index (χ0) is 13.5. The summed E-state index contributed by atoms with van der Waals surface area (Å²) in [5, 5.41) is 20.9. The molecule has 2 atom stereocenters. The average Bonchev–Trinajstić information content (AvgIpc) is 2.35. The van der Waals surface area contributed by atoms with Gasteiger partial charge in [0.05, 0.1) is 0 Å². The van der Waals surface area contributed by atoms with E-state index in [2.05, 4.69) is 5.32 Å². The summed E-state index contributed by atoms with van der Waals surface area (Å²) >= 11 is 0. The fourth-order valence-corrected chi connectivity index (χ4v) is 1.56. The third-order valence-electron chi connectivity index (χ3n) is 2.77. The van der Waals surface area contributed by atoms with Gasteiger partial charge in [0.15, 0.2) is 0 Å². The Morgan fingerprint density at radius 3 is 2.39 bits per heavy atom. The van der Waals surface area contributed by atoms with E-state index in [1.807, 2.05) is 19.1 Å². The molecule has 0 heterocycles. The Labute approximate surface area is 105 Å². The molecule has 0 aliphatic rings. The quantitative estimate of drug-likeness (QED) is 0.701. The first-order chi connectivity index (χ1) is 8.49. The van der Waals surface area contributed by atoms with E-state index in [0.29, 0.717) is 0 Å². The molecule has 0 fully saturated rings. The lowest BCUT2D eigenvalue weighted by Gasteiger charge is -2.16. The maximum atomic E-state index is 12.1. The fourth-order valence-electron chi connectivity index (χ4n) is 1.56. The molecule has 102 valence electrons. The molecular weight excluding hydrogens is 240 g/mol. The van der Waals surface area contributed by atoms with Crippen molar-refractivity contribution in [1.29, 1.82) is 0 Å². The summed E-state index contributed by atoms with van der Waals surface area (Å²) in [4.78, 5) is 0. The summed E-state index contributed by atoms with van der Waals surface area (Å²) in [6.45, 7) is 1.78. The normalized spacial score (nSPS) is 14.7. The molecule has 1 aromatic carbocycles. The molecule has 3 nitrogen and oxygen atoms in total. The molecule has 0 amide bonds. The van der Waals surface area contributed by atoms with Crippen molar-refractivity contribution in [2.45, 2.75) is 38.3 Å². The van der Waals surface area contributed by atoms with Gasteiger partial charge in [-0.2, -0.15) is 0 Å². The van der Waals surface area contributed by atoms with Crippen LogP contribution in [0.5, 0.6) is 5.75 Å². The van der Waals surface area contributed by atoms with Crippen molar-refractivity contribution in [3.05, 3.63) is 29.8 Å². The van der Waals surface area contributed by atoms with Crippen molar-refractivity contribution in [2.24, 2.45) is 0 Å². The molecule has 0 aliphatic carbocycles. The average molecular weight is 259 g/mol. The number of aryl methyl sites for hydroxylation is 1. The van der Waals surface area contributed by atoms with E-state index in [9.17, 15) is 8.78 Å². The van der Waals surface area contributed by atoms with E-state index in [4.69, 9.17) is 10.2 Å². The third-order valence-corrected chi connectivity index (χ3v) is 2.77. The van der Waals surface area contributed by atoms with E-state index < -0.39 is 12.5 Å². The number of rotatable bonds is 7. The molecule has 0 saturated carbocycles.